The standard InChI is InChI=1S/C15H15N5OS/c1-10-7-20-14(21)6-11(18-15(20)22-10)8-19-5-2-12-13(9-19)17-4-3-16-12/h3-4,6-7H,2,5,8-9H2,1H3. The summed E-state index contributed by atoms with van der Waals surface area (Å²) in [6.07, 6.45) is 6.20. The van der Waals surface area contributed by atoms with Crippen LogP contribution in [0.5, 0.6) is 0 Å². The van der Waals surface area contributed by atoms with Gasteiger partial charge in [0.2, 0.25) is 0 Å². The van der Waals surface area contributed by atoms with Crippen LogP contribution in [0.25, 0.3) is 4.96 Å². The van der Waals surface area contributed by atoms with Crippen LogP contribution in [0, 0.1) is 6.92 Å². The third kappa shape index (κ3) is 2.42. The molecule has 0 N–H and O–H groups in total. The second-order valence-electron chi connectivity index (χ2n) is 5.49. The van der Waals surface area contributed by atoms with Gasteiger partial charge in [-0.3, -0.25) is 24.1 Å². The molecule has 0 bridgehead atoms. The number of aryl methyl sites for hydroxylation is 1. The van der Waals surface area contributed by atoms with E-state index in [1.54, 1.807) is 34.2 Å². The second kappa shape index (κ2) is 5.26. The zero-order chi connectivity index (χ0) is 15.1. The normalized spacial score (nSPS) is 15.1. The van der Waals surface area contributed by atoms with Crippen molar-refractivity contribution in [3.63, 3.8) is 0 Å². The van der Waals surface area contributed by atoms with Gasteiger partial charge in [-0.2, -0.15) is 0 Å². The van der Waals surface area contributed by atoms with E-state index in [-0.39, 0.29) is 5.56 Å². The van der Waals surface area contributed by atoms with Crippen LogP contribution in [-0.2, 0) is 19.5 Å². The van der Waals surface area contributed by atoms with Gasteiger partial charge in [0, 0.05) is 55.6 Å². The van der Waals surface area contributed by atoms with E-state index in [0.29, 0.717) is 6.54 Å². The summed E-state index contributed by atoms with van der Waals surface area (Å²) in [5.41, 5.74) is 2.91. The van der Waals surface area contributed by atoms with Gasteiger partial charge in [-0.25, -0.2) is 4.98 Å². The smallest absolute Gasteiger partial charge is 0.258 e. The summed E-state index contributed by atoms with van der Waals surface area (Å²) in [5, 5.41) is 0. The Morgan fingerprint density at radius 1 is 1.27 bits per heavy atom. The molecule has 4 heterocycles. The lowest BCUT2D eigenvalue weighted by molar-refractivity contribution is 0.236. The van der Waals surface area contributed by atoms with Gasteiger partial charge >= 0.3 is 0 Å². The van der Waals surface area contributed by atoms with Gasteiger partial charge in [0.15, 0.2) is 4.96 Å². The minimum atomic E-state index is -0.0125. The van der Waals surface area contributed by atoms with Crippen molar-refractivity contribution in [2.24, 2.45) is 0 Å². The van der Waals surface area contributed by atoms with Gasteiger partial charge < -0.3 is 0 Å². The Morgan fingerprint density at radius 2 is 2.09 bits per heavy atom. The molecule has 0 aliphatic carbocycles. The number of thiazole rings is 1. The first-order valence-electron chi connectivity index (χ1n) is 7.19. The monoisotopic (exact) mass is 313 g/mol. The van der Waals surface area contributed by atoms with E-state index in [4.69, 9.17) is 0 Å². The van der Waals surface area contributed by atoms with Crippen LogP contribution in [0.3, 0.4) is 0 Å². The first-order valence-corrected chi connectivity index (χ1v) is 8.00. The molecule has 1 aliphatic rings. The lowest BCUT2D eigenvalue weighted by Gasteiger charge is -2.26. The average Bonchev–Trinajstić information content (AvgIpc) is 2.88. The van der Waals surface area contributed by atoms with E-state index < -0.39 is 0 Å². The predicted octanol–water partition coefficient (Wildman–Crippen LogP) is 1.41. The maximum absolute atomic E-state index is 12.1. The third-order valence-corrected chi connectivity index (χ3v) is 4.72. The minimum Gasteiger partial charge on any atom is -0.291 e. The molecule has 0 unspecified atom stereocenters. The summed E-state index contributed by atoms with van der Waals surface area (Å²) in [5.74, 6) is 0. The lowest BCUT2D eigenvalue weighted by atomic mass is 10.1. The van der Waals surface area contributed by atoms with Crippen LogP contribution in [0.4, 0.5) is 0 Å². The van der Waals surface area contributed by atoms with Crippen molar-refractivity contribution < 1.29 is 0 Å². The molecule has 3 aromatic rings. The van der Waals surface area contributed by atoms with Crippen LogP contribution in [0.15, 0.2) is 29.5 Å². The van der Waals surface area contributed by atoms with Crippen LogP contribution in [0.2, 0.25) is 0 Å². The fraction of sp³-hybridized carbons (Fsp3) is 0.333. The quantitative estimate of drug-likeness (QED) is 0.716. The van der Waals surface area contributed by atoms with Gasteiger partial charge in [-0.05, 0) is 6.92 Å². The van der Waals surface area contributed by atoms with E-state index in [1.165, 1.54) is 0 Å². The number of aromatic nitrogens is 4. The molecule has 0 atom stereocenters. The third-order valence-electron chi connectivity index (χ3n) is 3.82. The molecule has 6 nitrogen and oxygen atoms in total. The van der Waals surface area contributed by atoms with E-state index in [9.17, 15) is 4.79 Å². The van der Waals surface area contributed by atoms with Crippen molar-refractivity contribution >= 4 is 16.3 Å². The molecule has 4 rings (SSSR count). The molecule has 0 saturated heterocycles. The van der Waals surface area contributed by atoms with E-state index in [2.05, 4.69) is 19.9 Å². The number of hydrogen-bond acceptors (Lipinski definition) is 6. The Kier molecular flexibility index (Phi) is 3.24. The first-order chi connectivity index (χ1) is 10.7. The van der Waals surface area contributed by atoms with Gasteiger partial charge in [0.1, 0.15) is 0 Å². The molecule has 22 heavy (non-hydrogen) atoms. The highest BCUT2D eigenvalue weighted by molar-refractivity contribution is 7.16. The van der Waals surface area contributed by atoms with Crippen molar-refractivity contribution in [3.05, 3.63) is 57.0 Å². The minimum absolute atomic E-state index is 0.0125. The van der Waals surface area contributed by atoms with Crippen molar-refractivity contribution in [3.8, 4) is 0 Å². The van der Waals surface area contributed by atoms with Gasteiger partial charge in [0.25, 0.3) is 5.56 Å². The number of fused-ring (bicyclic) bond motifs is 2. The van der Waals surface area contributed by atoms with Crippen molar-refractivity contribution in [1.82, 2.24) is 24.3 Å². The fourth-order valence-corrected chi connectivity index (χ4v) is 3.64. The van der Waals surface area contributed by atoms with Crippen LogP contribution in [-0.4, -0.2) is 30.8 Å². The largest absolute Gasteiger partial charge is 0.291 e. The summed E-state index contributed by atoms with van der Waals surface area (Å²) in [7, 11) is 0. The molecular weight excluding hydrogens is 298 g/mol. The molecule has 0 amide bonds. The van der Waals surface area contributed by atoms with Gasteiger partial charge in [0.05, 0.1) is 17.1 Å². The predicted molar refractivity (Wildman–Crippen MR) is 83.9 cm³/mol. The van der Waals surface area contributed by atoms with E-state index >= 15 is 0 Å². The maximum Gasteiger partial charge on any atom is 0.258 e. The van der Waals surface area contributed by atoms with Crippen molar-refractivity contribution in [2.45, 2.75) is 26.4 Å². The summed E-state index contributed by atoms with van der Waals surface area (Å²) < 4.78 is 1.61. The highest BCUT2D eigenvalue weighted by atomic mass is 32.1. The highest BCUT2D eigenvalue weighted by Crippen LogP contribution is 2.17. The topological polar surface area (TPSA) is 63.4 Å². The molecule has 0 radical (unpaired) electrons. The van der Waals surface area contributed by atoms with Gasteiger partial charge in [-0.1, -0.05) is 0 Å². The zero-order valence-electron chi connectivity index (χ0n) is 12.2. The molecule has 1 aliphatic heterocycles. The van der Waals surface area contributed by atoms with Crippen molar-refractivity contribution in [2.75, 3.05) is 6.54 Å². The SMILES string of the molecule is Cc1cn2c(=O)cc(CN3CCc4nccnc4C3)nc2s1. The van der Waals surface area contributed by atoms with E-state index in [0.717, 1.165) is 46.4 Å². The van der Waals surface area contributed by atoms with Crippen LogP contribution in [0.1, 0.15) is 22.0 Å². The number of rotatable bonds is 2. The molecule has 0 spiro atoms. The maximum atomic E-state index is 12.1. The fourth-order valence-electron chi connectivity index (χ4n) is 2.79. The molecule has 0 aromatic carbocycles. The number of nitrogens with zero attached hydrogens (tertiary/aromatic N) is 5. The average molecular weight is 313 g/mol. The second-order valence-corrected chi connectivity index (χ2v) is 6.70. The molecule has 3 aromatic heterocycles. The van der Waals surface area contributed by atoms with E-state index in [1.807, 2.05) is 13.1 Å². The Balaban J connectivity index is 1.61. The summed E-state index contributed by atoms with van der Waals surface area (Å²) in [6.45, 7) is 4.32. The molecule has 7 heteroatoms. The lowest BCUT2D eigenvalue weighted by Crippen LogP contribution is -2.32. The summed E-state index contributed by atoms with van der Waals surface area (Å²) in [4.78, 5) is 29.6. The zero-order valence-corrected chi connectivity index (χ0v) is 13.0. The Bertz CT molecular complexity index is 900. The first kappa shape index (κ1) is 13.5. The summed E-state index contributed by atoms with van der Waals surface area (Å²) >= 11 is 1.54. The van der Waals surface area contributed by atoms with Crippen LogP contribution < -0.4 is 5.56 Å². The Hall–Kier alpha value is -2.12. The Labute approximate surface area is 131 Å². The molecule has 112 valence electrons. The van der Waals surface area contributed by atoms with Gasteiger partial charge in [-0.15, -0.1) is 11.3 Å². The van der Waals surface area contributed by atoms with Crippen molar-refractivity contribution in [1.29, 1.82) is 0 Å². The highest BCUT2D eigenvalue weighted by Gasteiger charge is 2.19. The molecular formula is C15H15N5OS. The Morgan fingerprint density at radius 3 is 2.95 bits per heavy atom. The summed E-state index contributed by atoms with van der Waals surface area (Å²) in [6, 6.07) is 1.63. The molecule has 0 saturated carbocycles. The van der Waals surface area contributed by atoms with Crippen LogP contribution >= 0.6 is 11.3 Å². The number of hydrogen-bond donors (Lipinski definition) is 0. The molecule has 0 fully saturated rings.